The number of hydrogen-bond donors (Lipinski definition) is 0. The van der Waals surface area contributed by atoms with Crippen molar-refractivity contribution in [2.75, 3.05) is 18.8 Å². The molecule has 0 aliphatic carbocycles. The van der Waals surface area contributed by atoms with Gasteiger partial charge in [-0.05, 0) is 19.3 Å². The van der Waals surface area contributed by atoms with Gasteiger partial charge in [-0.2, -0.15) is 4.52 Å². The number of hydrogen-bond acceptors (Lipinski definition) is 6. The van der Waals surface area contributed by atoms with E-state index in [2.05, 4.69) is 15.3 Å². The first kappa shape index (κ1) is 12.9. The summed E-state index contributed by atoms with van der Waals surface area (Å²) < 4.78 is 2.61. The molecule has 1 fully saturated rings. The molecule has 0 unspecified atom stereocenters. The molecule has 0 radical (unpaired) electrons. The van der Waals surface area contributed by atoms with Crippen molar-refractivity contribution in [2.24, 2.45) is 0 Å². The van der Waals surface area contributed by atoms with E-state index in [4.69, 9.17) is 0 Å². The van der Waals surface area contributed by atoms with Crippen LogP contribution in [0.2, 0.25) is 0 Å². The molecule has 1 saturated heterocycles. The zero-order valence-corrected chi connectivity index (χ0v) is 12.1. The van der Waals surface area contributed by atoms with Crippen LogP contribution in [0, 0.1) is 0 Å². The van der Waals surface area contributed by atoms with Crippen LogP contribution >= 0.6 is 23.1 Å². The minimum absolute atomic E-state index is 0.273. The van der Waals surface area contributed by atoms with Crippen molar-refractivity contribution >= 4 is 34.0 Å². The number of carbonyl (C=O) groups excluding carboxylic acids is 1. The quantitative estimate of drug-likeness (QED) is 0.803. The minimum atomic E-state index is 0.273. The molecular weight excluding hydrogens is 282 g/mol. The van der Waals surface area contributed by atoms with Gasteiger partial charge in [0, 0.05) is 25.3 Å². The lowest BCUT2D eigenvalue weighted by Gasteiger charge is -2.26. The van der Waals surface area contributed by atoms with Gasteiger partial charge in [-0.25, -0.2) is 0 Å². The standard InChI is InChI=1S/C11H15N5OS2/c17-9(15-5-2-1-3-6-15)4-7-18-11-14-16-8-12-13-10(16)19-11/h8H,1-7H2. The van der Waals surface area contributed by atoms with Gasteiger partial charge in [0.05, 0.1) is 0 Å². The second-order valence-corrected chi connectivity index (χ2v) is 6.76. The van der Waals surface area contributed by atoms with Gasteiger partial charge in [0.15, 0.2) is 4.34 Å². The van der Waals surface area contributed by atoms with Crippen molar-refractivity contribution in [3.05, 3.63) is 6.33 Å². The van der Waals surface area contributed by atoms with E-state index < -0.39 is 0 Å². The number of piperidine rings is 1. The van der Waals surface area contributed by atoms with E-state index in [1.54, 1.807) is 22.6 Å². The highest BCUT2D eigenvalue weighted by atomic mass is 32.2. The summed E-state index contributed by atoms with van der Waals surface area (Å²) in [5, 5.41) is 12.0. The summed E-state index contributed by atoms with van der Waals surface area (Å²) in [7, 11) is 0. The smallest absolute Gasteiger partial charge is 0.235 e. The van der Waals surface area contributed by atoms with Crippen LogP contribution in [0.15, 0.2) is 10.7 Å². The number of amides is 1. The fourth-order valence-electron chi connectivity index (χ4n) is 2.13. The van der Waals surface area contributed by atoms with Crippen LogP contribution in [0.3, 0.4) is 0 Å². The first-order chi connectivity index (χ1) is 9.33. The normalized spacial score (nSPS) is 16.1. The van der Waals surface area contributed by atoms with E-state index in [0.29, 0.717) is 6.42 Å². The highest BCUT2D eigenvalue weighted by molar-refractivity contribution is 8.01. The number of carbonyl (C=O) groups is 1. The molecule has 102 valence electrons. The molecule has 0 spiro atoms. The second-order valence-electron chi connectivity index (χ2n) is 4.47. The number of nitrogens with zero attached hydrogens (tertiary/aromatic N) is 5. The third-order valence-corrected chi connectivity index (χ3v) is 5.17. The minimum Gasteiger partial charge on any atom is -0.343 e. The molecular formula is C11H15N5OS2. The molecule has 3 heterocycles. The second kappa shape index (κ2) is 5.87. The molecule has 3 rings (SSSR count). The molecule has 0 bridgehead atoms. The zero-order valence-electron chi connectivity index (χ0n) is 10.5. The SMILES string of the molecule is O=C(CCSc1nn2cnnc2s1)N1CCCCC1. The number of thioether (sulfide) groups is 1. The molecule has 0 aromatic carbocycles. The van der Waals surface area contributed by atoms with E-state index in [-0.39, 0.29) is 5.91 Å². The van der Waals surface area contributed by atoms with E-state index >= 15 is 0 Å². The molecule has 0 N–H and O–H groups in total. The Kier molecular flexibility index (Phi) is 3.97. The van der Waals surface area contributed by atoms with Crippen LogP contribution in [0.4, 0.5) is 0 Å². The first-order valence-electron chi connectivity index (χ1n) is 6.40. The number of aromatic nitrogens is 4. The number of likely N-dealkylation sites (tertiary alicyclic amines) is 1. The van der Waals surface area contributed by atoms with E-state index in [1.807, 2.05) is 4.90 Å². The fraction of sp³-hybridized carbons (Fsp3) is 0.636. The van der Waals surface area contributed by atoms with E-state index in [0.717, 1.165) is 41.0 Å². The fourth-order valence-corrected chi connectivity index (χ4v) is 3.99. The van der Waals surface area contributed by atoms with Crippen LogP contribution < -0.4 is 0 Å². The van der Waals surface area contributed by atoms with Gasteiger partial charge in [0.1, 0.15) is 6.33 Å². The summed E-state index contributed by atoms with van der Waals surface area (Å²) >= 11 is 3.12. The Hall–Kier alpha value is -1.15. The lowest BCUT2D eigenvalue weighted by atomic mass is 10.1. The van der Waals surface area contributed by atoms with Crippen LogP contribution in [-0.2, 0) is 4.79 Å². The Morgan fingerprint density at radius 1 is 1.37 bits per heavy atom. The van der Waals surface area contributed by atoms with Gasteiger partial charge in [-0.3, -0.25) is 4.79 Å². The van der Waals surface area contributed by atoms with Crippen LogP contribution in [0.1, 0.15) is 25.7 Å². The average molecular weight is 297 g/mol. The number of rotatable bonds is 4. The summed E-state index contributed by atoms with van der Waals surface area (Å²) in [6.45, 7) is 1.86. The van der Waals surface area contributed by atoms with Gasteiger partial charge in [0.2, 0.25) is 10.9 Å². The maximum Gasteiger partial charge on any atom is 0.235 e. The van der Waals surface area contributed by atoms with Crippen LogP contribution in [-0.4, -0.2) is 49.5 Å². The molecule has 6 nitrogen and oxygen atoms in total. The summed E-state index contributed by atoms with van der Waals surface area (Å²) in [5.41, 5.74) is 0. The lowest BCUT2D eigenvalue weighted by Crippen LogP contribution is -2.35. The van der Waals surface area contributed by atoms with Gasteiger partial charge in [-0.1, -0.05) is 23.1 Å². The molecule has 8 heteroatoms. The highest BCUT2D eigenvalue weighted by Crippen LogP contribution is 2.24. The van der Waals surface area contributed by atoms with Crippen molar-refractivity contribution in [3.63, 3.8) is 0 Å². The lowest BCUT2D eigenvalue weighted by molar-refractivity contribution is -0.131. The molecule has 2 aromatic rings. The Labute approximate surface area is 119 Å². The third-order valence-electron chi connectivity index (χ3n) is 3.12. The summed E-state index contributed by atoms with van der Waals surface area (Å²) in [6.07, 6.45) is 5.73. The largest absolute Gasteiger partial charge is 0.343 e. The van der Waals surface area contributed by atoms with E-state index in [9.17, 15) is 4.79 Å². The van der Waals surface area contributed by atoms with Gasteiger partial charge in [-0.15, -0.1) is 15.3 Å². The molecule has 0 atom stereocenters. The van der Waals surface area contributed by atoms with Crippen molar-refractivity contribution in [3.8, 4) is 0 Å². The zero-order chi connectivity index (χ0) is 13.1. The monoisotopic (exact) mass is 297 g/mol. The van der Waals surface area contributed by atoms with Crippen LogP contribution in [0.25, 0.3) is 4.96 Å². The Morgan fingerprint density at radius 3 is 3.00 bits per heavy atom. The predicted octanol–water partition coefficient (Wildman–Crippen LogP) is 1.68. The average Bonchev–Trinajstić information content (AvgIpc) is 3.00. The number of fused-ring (bicyclic) bond motifs is 1. The summed E-state index contributed by atoms with van der Waals surface area (Å²) in [4.78, 5) is 14.8. The van der Waals surface area contributed by atoms with Crippen molar-refractivity contribution < 1.29 is 4.79 Å². The molecule has 19 heavy (non-hydrogen) atoms. The molecule has 1 amide bonds. The Balaban J connectivity index is 1.47. The molecule has 2 aromatic heterocycles. The van der Waals surface area contributed by atoms with E-state index in [1.165, 1.54) is 17.8 Å². The van der Waals surface area contributed by atoms with Gasteiger partial charge < -0.3 is 4.90 Å². The maximum atomic E-state index is 12.0. The topological polar surface area (TPSA) is 63.4 Å². The molecule has 1 aliphatic rings. The summed E-state index contributed by atoms with van der Waals surface area (Å²) in [5.74, 6) is 1.05. The maximum absolute atomic E-state index is 12.0. The molecule has 1 aliphatic heterocycles. The van der Waals surface area contributed by atoms with Gasteiger partial charge >= 0.3 is 0 Å². The highest BCUT2D eigenvalue weighted by Gasteiger charge is 2.16. The first-order valence-corrected chi connectivity index (χ1v) is 8.20. The predicted molar refractivity (Wildman–Crippen MR) is 74.4 cm³/mol. The van der Waals surface area contributed by atoms with Gasteiger partial charge in [0.25, 0.3) is 0 Å². The van der Waals surface area contributed by atoms with Crippen LogP contribution in [0.5, 0.6) is 0 Å². The summed E-state index contributed by atoms with van der Waals surface area (Å²) in [6, 6.07) is 0. The Bertz CT molecular complexity index is 532. The molecule has 0 saturated carbocycles. The van der Waals surface area contributed by atoms with Crippen molar-refractivity contribution in [2.45, 2.75) is 30.0 Å². The Morgan fingerprint density at radius 2 is 2.21 bits per heavy atom. The third kappa shape index (κ3) is 3.06. The van der Waals surface area contributed by atoms with Crippen molar-refractivity contribution in [1.29, 1.82) is 0 Å². The van der Waals surface area contributed by atoms with Crippen molar-refractivity contribution in [1.82, 2.24) is 24.7 Å².